The zero-order valence-corrected chi connectivity index (χ0v) is 15.8. The highest BCUT2D eigenvalue weighted by molar-refractivity contribution is 5.78. The van der Waals surface area contributed by atoms with Gasteiger partial charge in [0, 0.05) is 39.1 Å². The Morgan fingerprint density at radius 1 is 1.39 bits per heavy atom. The number of rotatable bonds is 3. The average molecular weight is 395 g/mol. The van der Waals surface area contributed by atoms with Gasteiger partial charge in [-0.1, -0.05) is 12.1 Å². The number of likely N-dealkylation sites (tertiary alicyclic amines) is 1. The number of benzene rings is 1. The number of amides is 2. The summed E-state index contributed by atoms with van der Waals surface area (Å²) >= 11 is 0. The Morgan fingerprint density at radius 2 is 2.18 bits per heavy atom. The van der Waals surface area contributed by atoms with E-state index in [1.54, 1.807) is 30.0 Å². The third kappa shape index (κ3) is 5.14. The number of nitrogens with one attached hydrogen (secondary N) is 2. The first-order valence-corrected chi connectivity index (χ1v) is 9.41. The van der Waals surface area contributed by atoms with Crippen LogP contribution < -0.4 is 10.6 Å². The summed E-state index contributed by atoms with van der Waals surface area (Å²) in [6.07, 6.45) is 3.27. The largest absolute Gasteiger partial charge is 0.366 e. The van der Waals surface area contributed by atoms with Gasteiger partial charge in [-0.2, -0.15) is 0 Å². The van der Waals surface area contributed by atoms with Crippen LogP contribution in [0.3, 0.4) is 0 Å². The first-order valence-electron chi connectivity index (χ1n) is 9.41. The Hall–Kier alpha value is -2.32. The van der Waals surface area contributed by atoms with Crippen LogP contribution in [0, 0.1) is 18.7 Å². The van der Waals surface area contributed by atoms with E-state index in [0.29, 0.717) is 17.7 Å². The zero-order valence-electron chi connectivity index (χ0n) is 15.8. The molecule has 154 valence electrons. The standard InChI is InChI=1S/C12H13F2N.C8H12N2O3.H2/c1-8-2-3-10(5-11(8)13)12(14)4-9-6-15-7-9;11-5-10-2-1-7-6(3-10)9-8(12)4-13-7;/h2-5,9,15H,6-7H2,1H3;5-7H,1-4H2,(H,9,12);1H/b12-4-;;/t;6-,7+;/m.1./s1. The maximum absolute atomic E-state index is 13.6. The van der Waals surface area contributed by atoms with Crippen LogP contribution in [0.25, 0.3) is 5.83 Å². The number of hydrogen-bond donors (Lipinski definition) is 2. The number of carbonyl (C=O) groups excluding carboxylic acids is 2. The van der Waals surface area contributed by atoms with E-state index in [1.165, 1.54) is 6.07 Å². The Labute approximate surface area is 164 Å². The third-order valence-corrected chi connectivity index (χ3v) is 5.15. The molecule has 8 heteroatoms. The molecule has 0 spiro atoms. The maximum Gasteiger partial charge on any atom is 0.246 e. The van der Waals surface area contributed by atoms with Crippen molar-refractivity contribution in [1.82, 2.24) is 15.5 Å². The normalized spacial score (nSPS) is 25.0. The molecular weight excluding hydrogens is 368 g/mol. The fourth-order valence-corrected chi connectivity index (χ4v) is 3.29. The summed E-state index contributed by atoms with van der Waals surface area (Å²) in [4.78, 5) is 23.1. The van der Waals surface area contributed by atoms with E-state index < -0.39 is 0 Å². The van der Waals surface area contributed by atoms with Crippen molar-refractivity contribution in [2.45, 2.75) is 25.5 Å². The summed E-state index contributed by atoms with van der Waals surface area (Å²) < 4.78 is 32.1. The first-order chi connectivity index (χ1) is 13.5. The number of ether oxygens (including phenoxy) is 1. The summed E-state index contributed by atoms with van der Waals surface area (Å²) in [6.45, 7) is 4.73. The lowest BCUT2D eigenvalue weighted by Gasteiger charge is -2.39. The van der Waals surface area contributed by atoms with Crippen LogP contribution >= 0.6 is 0 Å². The minimum absolute atomic E-state index is 0. The molecule has 3 aliphatic rings. The second-order valence-electron chi connectivity index (χ2n) is 7.31. The van der Waals surface area contributed by atoms with Gasteiger partial charge in [0.25, 0.3) is 0 Å². The summed E-state index contributed by atoms with van der Waals surface area (Å²) in [5, 5.41) is 5.87. The highest BCUT2D eigenvalue weighted by Gasteiger charge is 2.34. The van der Waals surface area contributed by atoms with E-state index in [9.17, 15) is 18.4 Å². The summed E-state index contributed by atoms with van der Waals surface area (Å²) in [5.41, 5.74) is 0.863. The Bertz CT molecular complexity index is 758. The van der Waals surface area contributed by atoms with Crippen molar-refractivity contribution in [3.05, 3.63) is 41.2 Å². The van der Waals surface area contributed by atoms with Gasteiger partial charge >= 0.3 is 0 Å². The number of aryl methyl sites for hydroxylation is 1. The molecular formula is C20H27F2N3O3. The van der Waals surface area contributed by atoms with Crippen molar-refractivity contribution in [3.63, 3.8) is 0 Å². The van der Waals surface area contributed by atoms with E-state index in [0.717, 1.165) is 32.5 Å². The Kier molecular flexibility index (Phi) is 6.74. The lowest BCUT2D eigenvalue weighted by Crippen LogP contribution is -2.59. The average Bonchev–Trinajstić information content (AvgIpc) is 2.66. The van der Waals surface area contributed by atoms with Crippen molar-refractivity contribution in [2.24, 2.45) is 5.92 Å². The van der Waals surface area contributed by atoms with E-state index in [1.807, 2.05) is 0 Å². The molecule has 3 fully saturated rings. The Morgan fingerprint density at radius 3 is 2.82 bits per heavy atom. The van der Waals surface area contributed by atoms with Crippen molar-refractivity contribution < 1.29 is 24.5 Å². The van der Waals surface area contributed by atoms with Crippen molar-refractivity contribution in [2.75, 3.05) is 32.8 Å². The topological polar surface area (TPSA) is 70.7 Å². The zero-order chi connectivity index (χ0) is 20.1. The molecule has 0 bridgehead atoms. The number of fused-ring (bicyclic) bond motifs is 1. The number of morpholine rings is 1. The van der Waals surface area contributed by atoms with Gasteiger partial charge in [0.1, 0.15) is 18.3 Å². The van der Waals surface area contributed by atoms with Crippen molar-refractivity contribution in [1.29, 1.82) is 0 Å². The van der Waals surface area contributed by atoms with Gasteiger partial charge in [-0.05, 0) is 31.1 Å². The molecule has 3 heterocycles. The smallest absolute Gasteiger partial charge is 0.246 e. The van der Waals surface area contributed by atoms with Crippen molar-refractivity contribution in [3.8, 4) is 0 Å². The van der Waals surface area contributed by atoms with Gasteiger partial charge in [-0.3, -0.25) is 9.59 Å². The molecule has 1 aromatic carbocycles. The fourth-order valence-electron chi connectivity index (χ4n) is 3.29. The summed E-state index contributed by atoms with van der Waals surface area (Å²) in [7, 11) is 0. The fraction of sp³-hybridized carbons (Fsp3) is 0.500. The molecule has 0 aliphatic carbocycles. The van der Waals surface area contributed by atoms with Gasteiger partial charge in [-0.15, -0.1) is 0 Å². The van der Waals surface area contributed by atoms with E-state index >= 15 is 0 Å². The van der Waals surface area contributed by atoms with Gasteiger partial charge in [0.2, 0.25) is 12.3 Å². The SMILES string of the molecule is Cc1ccc(/C(F)=C/C2CNC2)cc1F.O=CN1CC[C@@H]2OCC(=O)N[C@@H]2C1.[HH]. The van der Waals surface area contributed by atoms with Crippen molar-refractivity contribution >= 4 is 18.1 Å². The molecule has 0 saturated carbocycles. The Balaban J connectivity index is 0.000000202. The predicted molar refractivity (Wildman–Crippen MR) is 103 cm³/mol. The van der Waals surface area contributed by atoms with Crippen LogP contribution in [0.1, 0.15) is 19.0 Å². The molecule has 28 heavy (non-hydrogen) atoms. The third-order valence-electron chi connectivity index (χ3n) is 5.15. The van der Waals surface area contributed by atoms with E-state index in [-0.39, 0.29) is 43.6 Å². The molecule has 0 unspecified atom stereocenters. The molecule has 4 rings (SSSR count). The molecule has 0 aromatic heterocycles. The highest BCUT2D eigenvalue weighted by Crippen LogP contribution is 2.21. The summed E-state index contributed by atoms with van der Waals surface area (Å²) in [6, 6.07) is 4.43. The number of nitrogens with zero attached hydrogens (tertiary/aromatic N) is 1. The van der Waals surface area contributed by atoms with E-state index in [4.69, 9.17) is 4.74 Å². The molecule has 0 radical (unpaired) electrons. The van der Waals surface area contributed by atoms with Gasteiger partial charge < -0.3 is 20.3 Å². The molecule has 3 saturated heterocycles. The molecule has 6 nitrogen and oxygen atoms in total. The lowest BCUT2D eigenvalue weighted by atomic mass is 10.0. The lowest BCUT2D eigenvalue weighted by molar-refractivity contribution is -0.142. The molecule has 2 N–H and O–H groups in total. The molecule has 1 aromatic rings. The number of carbonyl (C=O) groups is 2. The molecule has 2 atom stereocenters. The van der Waals surface area contributed by atoms with E-state index in [2.05, 4.69) is 10.6 Å². The van der Waals surface area contributed by atoms with Crippen LogP contribution in [-0.2, 0) is 14.3 Å². The minimum Gasteiger partial charge on any atom is -0.366 e. The van der Waals surface area contributed by atoms with Gasteiger partial charge in [0.05, 0.1) is 12.1 Å². The summed E-state index contributed by atoms with van der Waals surface area (Å²) in [5.74, 6) is -0.536. The predicted octanol–water partition coefficient (Wildman–Crippen LogP) is 1.64. The number of piperidine rings is 1. The number of halogens is 2. The second-order valence-corrected chi connectivity index (χ2v) is 7.31. The quantitative estimate of drug-likeness (QED) is 0.764. The van der Waals surface area contributed by atoms with Crippen LogP contribution in [-0.4, -0.2) is 62.1 Å². The van der Waals surface area contributed by atoms with Gasteiger partial charge in [0.15, 0.2) is 0 Å². The monoisotopic (exact) mass is 395 g/mol. The minimum atomic E-state index is -0.359. The molecule has 3 aliphatic heterocycles. The van der Waals surface area contributed by atoms with Gasteiger partial charge in [-0.25, -0.2) is 8.78 Å². The second kappa shape index (κ2) is 9.25. The van der Waals surface area contributed by atoms with Crippen LogP contribution in [0.15, 0.2) is 24.3 Å². The number of hydrogen-bond acceptors (Lipinski definition) is 4. The highest BCUT2D eigenvalue weighted by atomic mass is 19.1. The van der Waals surface area contributed by atoms with Crippen LogP contribution in [0.5, 0.6) is 0 Å². The van der Waals surface area contributed by atoms with Crippen LogP contribution in [0.4, 0.5) is 8.78 Å². The van der Waals surface area contributed by atoms with Crippen LogP contribution in [0.2, 0.25) is 0 Å². The first kappa shape index (κ1) is 20.4. The maximum atomic E-state index is 13.6. The molecule has 2 amide bonds.